The summed E-state index contributed by atoms with van der Waals surface area (Å²) < 4.78 is 39.4. The van der Waals surface area contributed by atoms with Crippen LogP contribution in [0.5, 0.6) is 5.75 Å². The molecule has 0 radical (unpaired) electrons. The van der Waals surface area contributed by atoms with E-state index in [0.717, 1.165) is 12.1 Å². The van der Waals surface area contributed by atoms with E-state index in [9.17, 15) is 18.0 Å². The summed E-state index contributed by atoms with van der Waals surface area (Å²) in [5.41, 5.74) is 4.66. The first-order valence-corrected chi connectivity index (χ1v) is 4.51. The summed E-state index contributed by atoms with van der Waals surface area (Å²) in [4.78, 5) is 10.8. The van der Waals surface area contributed by atoms with Crippen LogP contribution >= 0.6 is 23.2 Å². The minimum absolute atomic E-state index is 0.228. The van der Waals surface area contributed by atoms with Crippen molar-refractivity contribution in [3.63, 3.8) is 0 Å². The van der Waals surface area contributed by atoms with E-state index in [-0.39, 0.29) is 10.6 Å². The second-order valence-corrected chi connectivity index (χ2v) is 3.47. The van der Waals surface area contributed by atoms with Crippen LogP contribution in [0.3, 0.4) is 0 Å². The van der Waals surface area contributed by atoms with Crippen LogP contribution in [0.1, 0.15) is 10.4 Å². The Morgan fingerprint density at radius 2 is 1.88 bits per heavy atom. The first-order valence-electron chi connectivity index (χ1n) is 3.75. The average molecular weight is 274 g/mol. The van der Waals surface area contributed by atoms with Crippen LogP contribution in [0.15, 0.2) is 12.1 Å². The van der Waals surface area contributed by atoms with Crippen molar-refractivity contribution in [2.24, 2.45) is 5.73 Å². The van der Waals surface area contributed by atoms with Gasteiger partial charge in [-0.1, -0.05) is 23.2 Å². The monoisotopic (exact) mass is 273 g/mol. The normalized spacial score (nSPS) is 11.3. The molecular formula is C8H4Cl2F3NO2. The molecular weight excluding hydrogens is 270 g/mol. The minimum Gasteiger partial charge on any atom is -0.404 e. The summed E-state index contributed by atoms with van der Waals surface area (Å²) in [6, 6.07) is 1.82. The van der Waals surface area contributed by atoms with E-state index in [1.54, 1.807) is 0 Å². The number of carbonyl (C=O) groups excluding carboxylic acids is 1. The third-order valence-corrected chi connectivity index (χ3v) is 2.29. The van der Waals surface area contributed by atoms with Gasteiger partial charge in [0, 0.05) is 5.56 Å². The first kappa shape index (κ1) is 12.9. The van der Waals surface area contributed by atoms with Gasteiger partial charge in [-0.15, -0.1) is 13.2 Å². The van der Waals surface area contributed by atoms with Crippen molar-refractivity contribution in [1.29, 1.82) is 0 Å². The van der Waals surface area contributed by atoms with Gasteiger partial charge in [-0.2, -0.15) is 0 Å². The zero-order valence-electron chi connectivity index (χ0n) is 7.44. The molecule has 0 unspecified atom stereocenters. The number of ether oxygens (including phenoxy) is 1. The molecule has 0 bridgehead atoms. The van der Waals surface area contributed by atoms with Crippen molar-refractivity contribution >= 4 is 29.1 Å². The fourth-order valence-corrected chi connectivity index (χ4v) is 1.26. The van der Waals surface area contributed by atoms with Crippen molar-refractivity contribution in [3.05, 3.63) is 27.7 Å². The topological polar surface area (TPSA) is 52.3 Å². The Kier molecular flexibility index (Phi) is 3.54. The number of benzene rings is 1. The van der Waals surface area contributed by atoms with E-state index in [1.807, 2.05) is 0 Å². The fourth-order valence-electron chi connectivity index (χ4n) is 0.905. The Hall–Kier alpha value is -1.14. The summed E-state index contributed by atoms with van der Waals surface area (Å²) >= 11 is 11.0. The Labute approximate surface area is 97.9 Å². The maximum absolute atomic E-state index is 11.9. The maximum atomic E-state index is 11.9. The predicted octanol–water partition coefficient (Wildman–Crippen LogP) is 2.99. The lowest BCUT2D eigenvalue weighted by Gasteiger charge is -2.11. The van der Waals surface area contributed by atoms with Crippen LogP contribution in [0.25, 0.3) is 0 Å². The van der Waals surface area contributed by atoms with Crippen molar-refractivity contribution < 1.29 is 22.7 Å². The number of carbonyl (C=O) groups is 1. The van der Waals surface area contributed by atoms with E-state index >= 15 is 0 Å². The third kappa shape index (κ3) is 3.18. The molecule has 88 valence electrons. The molecule has 0 spiro atoms. The van der Waals surface area contributed by atoms with Crippen molar-refractivity contribution in [3.8, 4) is 5.75 Å². The zero-order valence-corrected chi connectivity index (χ0v) is 8.95. The van der Waals surface area contributed by atoms with Gasteiger partial charge in [0.05, 0.1) is 5.02 Å². The minimum atomic E-state index is -4.93. The quantitative estimate of drug-likeness (QED) is 0.901. The number of rotatable bonds is 2. The molecule has 1 rings (SSSR count). The van der Waals surface area contributed by atoms with Gasteiger partial charge in [0.25, 0.3) is 0 Å². The second-order valence-electron chi connectivity index (χ2n) is 2.68. The molecule has 0 aliphatic heterocycles. The molecule has 1 amide bonds. The largest absolute Gasteiger partial charge is 0.573 e. The van der Waals surface area contributed by atoms with Gasteiger partial charge >= 0.3 is 6.36 Å². The highest BCUT2D eigenvalue weighted by molar-refractivity contribution is 6.43. The summed E-state index contributed by atoms with van der Waals surface area (Å²) in [5.74, 6) is -1.71. The fraction of sp³-hybridized carbons (Fsp3) is 0.125. The highest BCUT2D eigenvalue weighted by Gasteiger charge is 2.32. The van der Waals surface area contributed by atoms with Gasteiger partial charge in [-0.3, -0.25) is 4.79 Å². The second kappa shape index (κ2) is 4.39. The molecule has 0 atom stereocenters. The molecule has 16 heavy (non-hydrogen) atoms. The molecule has 0 heterocycles. The number of alkyl halides is 3. The number of hydrogen-bond donors (Lipinski definition) is 1. The number of amides is 1. The van der Waals surface area contributed by atoms with E-state index < -0.39 is 23.0 Å². The molecule has 0 aliphatic rings. The number of primary amides is 1. The van der Waals surface area contributed by atoms with Gasteiger partial charge in [0.1, 0.15) is 10.8 Å². The van der Waals surface area contributed by atoms with Crippen molar-refractivity contribution in [2.45, 2.75) is 6.36 Å². The molecule has 0 aromatic heterocycles. The molecule has 8 heteroatoms. The van der Waals surface area contributed by atoms with Gasteiger partial charge < -0.3 is 10.5 Å². The van der Waals surface area contributed by atoms with E-state index in [4.69, 9.17) is 28.9 Å². The molecule has 3 nitrogen and oxygen atoms in total. The molecule has 2 N–H and O–H groups in total. The molecule has 1 aromatic carbocycles. The lowest BCUT2D eigenvalue weighted by Crippen LogP contribution is -2.18. The Bertz CT molecular complexity index is 434. The lowest BCUT2D eigenvalue weighted by molar-refractivity contribution is -0.274. The summed E-state index contributed by atoms with van der Waals surface area (Å²) in [7, 11) is 0. The summed E-state index contributed by atoms with van der Waals surface area (Å²) in [6.07, 6.45) is -4.93. The standard InChI is InChI=1S/C8H4Cl2F3NO2/c9-4-1-3(7(14)15)2-5(6(4)10)16-8(11,12)13/h1-2H,(H2,14,15). The Balaban J connectivity index is 3.22. The van der Waals surface area contributed by atoms with Gasteiger partial charge in [-0.05, 0) is 12.1 Å². The lowest BCUT2D eigenvalue weighted by atomic mass is 10.2. The summed E-state index contributed by atoms with van der Waals surface area (Å²) in [6.45, 7) is 0. The van der Waals surface area contributed by atoms with E-state index in [2.05, 4.69) is 4.74 Å². The number of hydrogen-bond acceptors (Lipinski definition) is 2. The van der Waals surface area contributed by atoms with Crippen molar-refractivity contribution in [2.75, 3.05) is 0 Å². The molecule has 0 saturated heterocycles. The smallest absolute Gasteiger partial charge is 0.404 e. The Morgan fingerprint density at radius 3 is 2.31 bits per heavy atom. The van der Waals surface area contributed by atoms with E-state index in [1.165, 1.54) is 0 Å². The molecule has 0 fully saturated rings. The van der Waals surface area contributed by atoms with Crippen LogP contribution in [-0.2, 0) is 0 Å². The average Bonchev–Trinajstić information content (AvgIpc) is 2.10. The highest BCUT2D eigenvalue weighted by Crippen LogP contribution is 2.36. The zero-order chi connectivity index (χ0) is 12.5. The SMILES string of the molecule is NC(=O)c1cc(Cl)c(Cl)c(OC(F)(F)F)c1. The van der Waals surface area contributed by atoms with Crippen LogP contribution in [0.4, 0.5) is 13.2 Å². The predicted molar refractivity (Wildman–Crippen MR) is 51.7 cm³/mol. The van der Waals surface area contributed by atoms with Gasteiger partial charge in [0.2, 0.25) is 5.91 Å². The number of halogens is 5. The van der Waals surface area contributed by atoms with Gasteiger partial charge in [0.15, 0.2) is 0 Å². The summed E-state index contributed by atoms with van der Waals surface area (Å²) in [5, 5.41) is -0.693. The van der Waals surface area contributed by atoms with Crippen molar-refractivity contribution in [1.82, 2.24) is 0 Å². The third-order valence-electron chi connectivity index (χ3n) is 1.51. The maximum Gasteiger partial charge on any atom is 0.573 e. The van der Waals surface area contributed by atoms with Crippen LogP contribution in [0, 0.1) is 0 Å². The Morgan fingerprint density at radius 1 is 1.31 bits per heavy atom. The highest BCUT2D eigenvalue weighted by atomic mass is 35.5. The molecule has 0 saturated carbocycles. The van der Waals surface area contributed by atoms with Gasteiger partial charge in [-0.25, -0.2) is 0 Å². The van der Waals surface area contributed by atoms with Crippen LogP contribution in [-0.4, -0.2) is 12.3 Å². The van der Waals surface area contributed by atoms with E-state index in [0.29, 0.717) is 0 Å². The van der Waals surface area contributed by atoms with Crippen LogP contribution < -0.4 is 10.5 Å². The molecule has 0 aliphatic carbocycles. The first-order chi connectivity index (χ1) is 7.20. The molecule has 1 aromatic rings. The van der Waals surface area contributed by atoms with Crippen LogP contribution in [0.2, 0.25) is 10.0 Å². The number of nitrogens with two attached hydrogens (primary N) is 1.